The molecule has 0 radical (unpaired) electrons. The molecule has 1 N–H and O–H groups in total. The predicted octanol–water partition coefficient (Wildman–Crippen LogP) is 6.75. The number of nitrogens with one attached hydrogen (secondary N) is 1. The van der Waals surface area contributed by atoms with Gasteiger partial charge in [-0.3, -0.25) is 4.79 Å². The van der Waals surface area contributed by atoms with Crippen LogP contribution in [-0.4, -0.2) is 73.9 Å². The molecule has 4 aromatic carbocycles. The predicted molar refractivity (Wildman–Crippen MR) is 203 cm³/mol. The van der Waals surface area contributed by atoms with Gasteiger partial charge in [0.15, 0.2) is 12.1 Å². The molecule has 0 aromatic heterocycles. The van der Waals surface area contributed by atoms with Crippen molar-refractivity contribution in [1.82, 2.24) is 5.32 Å². The van der Waals surface area contributed by atoms with E-state index in [-0.39, 0.29) is 31.8 Å². The highest BCUT2D eigenvalue weighted by molar-refractivity contribution is 5.73. The van der Waals surface area contributed by atoms with Crippen molar-refractivity contribution in [2.45, 2.75) is 109 Å². The first kappa shape index (κ1) is 39.7. The van der Waals surface area contributed by atoms with Gasteiger partial charge in [-0.25, -0.2) is 0 Å². The van der Waals surface area contributed by atoms with Gasteiger partial charge < -0.3 is 43.2 Å². The van der Waals surface area contributed by atoms with E-state index in [0.29, 0.717) is 19.8 Å². The number of carbonyl (C=O) groups is 1. The van der Waals surface area contributed by atoms with Crippen molar-refractivity contribution in [3.05, 3.63) is 144 Å². The van der Waals surface area contributed by atoms with E-state index in [4.69, 9.17) is 37.9 Å². The van der Waals surface area contributed by atoms with Crippen LogP contribution in [-0.2, 0) is 69.1 Å². The van der Waals surface area contributed by atoms with E-state index in [1.807, 2.05) is 142 Å². The summed E-state index contributed by atoms with van der Waals surface area (Å²) < 4.78 is 52.5. The summed E-state index contributed by atoms with van der Waals surface area (Å²) in [6, 6.07) is 39.4. The molecule has 2 aliphatic rings. The van der Waals surface area contributed by atoms with Crippen LogP contribution in [0.2, 0.25) is 0 Å². The van der Waals surface area contributed by atoms with Gasteiger partial charge in [0.05, 0.1) is 51.8 Å². The molecule has 8 atom stereocenters. The normalized spacial score (nSPS) is 25.6. The Morgan fingerprint density at radius 1 is 0.648 bits per heavy atom. The van der Waals surface area contributed by atoms with Gasteiger partial charge in [-0.2, -0.15) is 0 Å². The maximum Gasteiger partial charge on any atom is 0.217 e. The van der Waals surface area contributed by atoms with Gasteiger partial charge in [-0.1, -0.05) is 121 Å². The quantitative estimate of drug-likeness (QED) is 0.119. The molecule has 0 aliphatic carbocycles. The fourth-order valence-electron chi connectivity index (χ4n) is 6.93. The number of ether oxygens (including phenoxy) is 8. The summed E-state index contributed by atoms with van der Waals surface area (Å²) in [4.78, 5) is 12.5. The maximum atomic E-state index is 12.5. The minimum atomic E-state index is -0.932. The highest BCUT2D eigenvalue weighted by Gasteiger charge is 2.50. The van der Waals surface area contributed by atoms with Crippen LogP contribution in [0.4, 0.5) is 0 Å². The lowest BCUT2D eigenvalue weighted by atomic mass is 9.97. The molecule has 288 valence electrons. The third kappa shape index (κ3) is 11.5. The van der Waals surface area contributed by atoms with Crippen molar-refractivity contribution >= 4 is 5.91 Å². The topological polar surface area (TPSA) is 103 Å². The highest BCUT2D eigenvalue weighted by Crippen LogP contribution is 2.33. The van der Waals surface area contributed by atoms with Crippen LogP contribution >= 0.6 is 0 Å². The lowest BCUT2D eigenvalue weighted by Gasteiger charge is -2.46. The third-order valence-corrected chi connectivity index (χ3v) is 9.42. The molecule has 2 aliphatic heterocycles. The van der Waals surface area contributed by atoms with Crippen LogP contribution in [0.25, 0.3) is 0 Å². The largest absolute Gasteiger partial charge is 0.374 e. The van der Waals surface area contributed by atoms with E-state index >= 15 is 0 Å². The first-order valence-electron chi connectivity index (χ1n) is 18.7. The molecule has 0 saturated carbocycles. The molecule has 2 fully saturated rings. The SMILES string of the molecule is CC(=O)N[C@@H](COC1OC(COCc2ccccc2)C(OCc2ccccc2)C(OCc2ccccc2)C1OCc1ccccc1)[C@@H]1OC(C)(C)O[C@@H]1C. The van der Waals surface area contributed by atoms with Crippen molar-refractivity contribution in [1.29, 1.82) is 0 Å². The first-order valence-corrected chi connectivity index (χ1v) is 18.7. The van der Waals surface area contributed by atoms with Gasteiger partial charge in [-0.15, -0.1) is 0 Å². The van der Waals surface area contributed by atoms with Gasteiger partial charge in [0.2, 0.25) is 5.91 Å². The molecular weight excluding hydrogens is 686 g/mol. The first-order chi connectivity index (χ1) is 26.2. The average Bonchev–Trinajstić information content (AvgIpc) is 3.47. The molecule has 10 nitrogen and oxygen atoms in total. The highest BCUT2D eigenvalue weighted by atomic mass is 16.8. The fourth-order valence-corrected chi connectivity index (χ4v) is 6.93. The van der Waals surface area contributed by atoms with E-state index in [1.165, 1.54) is 6.92 Å². The number of rotatable bonds is 18. The van der Waals surface area contributed by atoms with Crippen LogP contribution in [0.1, 0.15) is 49.9 Å². The van der Waals surface area contributed by atoms with E-state index in [0.717, 1.165) is 22.3 Å². The lowest BCUT2D eigenvalue weighted by molar-refractivity contribution is -0.329. The van der Waals surface area contributed by atoms with Crippen LogP contribution < -0.4 is 5.32 Å². The second kappa shape index (κ2) is 19.6. The monoisotopic (exact) mass is 739 g/mol. The van der Waals surface area contributed by atoms with Gasteiger partial charge in [0.25, 0.3) is 0 Å². The van der Waals surface area contributed by atoms with Crippen molar-refractivity contribution in [3.8, 4) is 0 Å². The number of benzene rings is 4. The van der Waals surface area contributed by atoms with Crippen LogP contribution in [0.15, 0.2) is 121 Å². The summed E-state index contributed by atoms with van der Waals surface area (Å²) in [6.07, 6.45) is -4.30. The molecule has 54 heavy (non-hydrogen) atoms. The molecule has 5 unspecified atom stereocenters. The molecule has 2 heterocycles. The Labute approximate surface area is 319 Å². The standard InChI is InChI=1S/C44H53NO9/c1-31-39(54-44(3,4)53-31)37(45-32(2)46)29-51-43-42(50-28-36-23-15-8-16-24-36)41(49-27-35-21-13-7-14-22-35)40(48-26-34-19-11-6-12-20-34)38(52-43)30-47-25-33-17-9-5-10-18-33/h5-24,31,37-43H,25-30H2,1-4H3,(H,45,46)/t31-,37+,38?,39-,40?,41?,42?,43?/m1/s1. The Bertz CT molecular complexity index is 1680. The zero-order valence-corrected chi connectivity index (χ0v) is 31.6. The minimum Gasteiger partial charge on any atom is -0.374 e. The zero-order chi connectivity index (χ0) is 37.8. The summed E-state index contributed by atoms with van der Waals surface area (Å²) in [6.45, 7) is 8.67. The lowest BCUT2D eigenvalue weighted by Crippen LogP contribution is -2.62. The van der Waals surface area contributed by atoms with Crippen molar-refractivity contribution in [2.24, 2.45) is 0 Å². The number of amides is 1. The van der Waals surface area contributed by atoms with Gasteiger partial charge >= 0.3 is 0 Å². The summed E-state index contributed by atoms with van der Waals surface area (Å²) in [7, 11) is 0. The van der Waals surface area contributed by atoms with E-state index in [9.17, 15) is 4.79 Å². The van der Waals surface area contributed by atoms with Crippen LogP contribution in [0, 0.1) is 0 Å². The van der Waals surface area contributed by atoms with Gasteiger partial charge in [0, 0.05) is 6.92 Å². The molecular formula is C44H53NO9. The second-order valence-corrected chi connectivity index (χ2v) is 14.3. The molecule has 4 aromatic rings. The van der Waals surface area contributed by atoms with Gasteiger partial charge in [-0.05, 0) is 43.0 Å². The number of carbonyl (C=O) groups excluding carboxylic acids is 1. The van der Waals surface area contributed by atoms with Crippen molar-refractivity contribution in [3.63, 3.8) is 0 Å². The average molecular weight is 740 g/mol. The zero-order valence-electron chi connectivity index (χ0n) is 31.6. The Balaban J connectivity index is 1.31. The molecule has 1 amide bonds. The molecule has 0 spiro atoms. The van der Waals surface area contributed by atoms with E-state index in [1.54, 1.807) is 0 Å². The summed E-state index contributed by atoms with van der Waals surface area (Å²) in [5.41, 5.74) is 4.04. The smallest absolute Gasteiger partial charge is 0.217 e. The molecule has 10 heteroatoms. The molecule has 2 saturated heterocycles. The minimum absolute atomic E-state index is 0.0580. The summed E-state index contributed by atoms with van der Waals surface area (Å²) in [5, 5.41) is 3.03. The Morgan fingerprint density at radius 3 is 1.57 bits per heavy atom. The second-order valence-electron chi connectivity index (χ2n) is 14.3. The van der Waals surface area contributed by atoms with Gasteiger partial charge in [0.1, 0.15) is 30.5 Å². The van der Waals surface area contributed by atoms with Crippen LogP contribution in [0.5, 0.6) is 0 Å². The number of hydrogen-bond acceptors (Lipinski definition) is 9. The van der Waals surface area contributed by atoms with Crippen LogP contribution in [0.3, 0.4) is 0 Å². The summed E-state index contributed by atoms with van der Waals surface area (Å²) >= 11 is 0. The third-order valence-electron chi connectivity index (χ3n) is 9.42. The summed E-state index contributed by atoms with van der Waals surface area (Å²) in [5.74, 6) is -1.03. The number of hydrogen-bond donors (Lipinski definition) is 1. The maximum absolute atomic E-state index is 12.5. The fraction of sp³-hybridized carbons (Fsp3) is 0.432. The Morgan fingerprint density at radius 2 is 1.11 bits per heavy atom. The molecule has 6 rings (SSSR count). The van der Waals surface area contributed by atoms with Crippen molar-refractivity contribution in [2.75, 3.05) is 13.2 Å². The molecule has 0 bridgehead atoms. The van der Waals surface area contributed by atoms with Crippen molar-refractivity contribution < 1.29 is 42.7 Å². The Hall–Kier alpha value is -3.97. The van der Waals surface area contributed by atoms with E-state index < -0.39 is 48.6 Å². The Kier molecular flexibility index (Phi) is 14.4. The van der Waals surface area contributed by atoms with E-state index in [2.05, 4.69) is 5.32 Å².